The number of fused-ring (bicyclic) bond motifs is 1. The molecule has 0 bridgehead atoms. The minimum Gasteiger partial charge on any atom is -0.488 e. The number of amides is 1. The molecule has 0 radical (unpaired) electrons. The van der Waals surface area contributed by atoms with E-state index in [9.17, 15) is 4.79 Å². The minimum absolute atomic E-state index is 0.285. The maximum Gasteiger partial charge on any atom is 0.271 e. The lowest BCUT2D eigenvalue weighted by molar-refractivity contribution is 0.0955. The van der Waals surface area contributed by atoms with Crippen molar-refractivity contribution in [1.29, 1.82) is 0 Å². The second kappa shape index (κ2) is 9.77. The summed E-state index contributed by atoms with van der Waals surface area (Å²) in [5.74, 6) is 0.392. The van der Waals surface area contributed by atoms with Crippen LogP contribution in [0.15, 0.2) is 94.5 Å². The van der Waals surface area contributed by atoms with E-state index in [4.69, 9.17) is 16.3 Å². The topological polar surface area (TPSA) is 50.7 Å². The van der Waals surface area contributed by atoms with E-state index in [0.717, 1.165) is 26.4 Å². The van der Waals surface area contributed by atoms with Gasteiger partial charge in [0.05, 0.1) is 6.21 Å². The third-order valence-electron chi connectivity index (χ3n) is 4.70. The Hall–Kier alpha value is -3.15. The minimum atomic E-state index is -0.285. The van der Waals surface area contributed by atoms with E-state index in [1.165, 1.54) is 0 Å². The maximum atomic E-state index is 12.4. The number of nitrogens with zero attached hydrogens (tertiary/aromatic N) is 1. The summed E-state index contributed by atoms with van der Waals surface area (Å²) in [5.41, 5.74) is 4.91. The van der Waals surface area contributed by atoms with Crippen LogP contribution in [0.25, 0.3) is 10.8 Å². The predicted molar refractivity (Wildman–Crippen MR) is 129 cm³/mol. The predicted octanol–water partition coefficient (Wildman–Crippen LogP) is 6.60. The van der Waals surface area contributed by atoms with Crippen LogP contribution in [0.1, 0.15) is 21.5 Å². The summed E-state index contributed by atoms with van der Waals surface area (Å²) in [5, 5.41) is 6.91. The fourth-order valence-electron chi connectivity index (χ4n) is 3.10. The fourth-order valence-corrected chi connectivity index (χ4v) is 3.49. The molecule has 1 amide bonds. The molecule has 0 heterocycles. The third kappa shape index (κ3) is 5.32. The molecule has 0 fully saturated rings. The van der Waals surface area contributed by atoms with E-state index in [1.54, 1.807) is 18.3 Å². The Kier molecular flexibility index (Phi) is 6.65. The zero-order valence-electron chi connectivity index (χ0n) is 16.4. The maximum absolute atomic E-state index is 12.4. The van der Waals surface area contributed by atoms with Crippen LogP contribution in [0.5, 0.6) is 5.75 Å². The van der Waals surface area contributed by atoms with Crippen molar-refractivity contribution in [3.05, 3.63) is 111 Å². The van der Waals surface area contributed by atoms with Gasteiger partial charge in [-0.25, -0.2) is 5.43 Å². The van der Waals surface area contributed by atoms with Crippen molar-refractivity contribution in [2.75, 3.05) is 0 Å². The number of carbonyl (C=O) groups excluding carboxylic acids is 1. The lowest BCUT2D eigenvalue weighted by Crippen LogP contribution is -2.17. The van der Waals surface area contributed by atoms with Crippen LogP contribution in [0.3, 0.4) is 0 Å². The average Bonchev–Trinajstić information content (AvgIpc) is 2.79. The smallest absolute Gasteiger partial charge is 0.271 e. The van der Waals surface area contributed by atoms with Gasteiger partial charge in [0, 0.05) is 20.6 Å². The van der Waals surface area contributed by atoms with Gasteiger partial charge in [-0.2, -0.15) is 5.10 Å². The molecule has 0 saturated carbocycles. The lowest BCUT2D eigenvalue weighted by Gasteiger charge is -2.12. The number of hydrazone groups is 1. The summed E-state index contributed by atoms with van der Waals surface area (Å²) in [6.07, 6.45) is 1.62. The Labute approximate surface area is 193 Å². The zero-order chi connectivity index (χ0) is 21.6. The van der Waals surface area contributed by atoms with Gasteiger partial charge < -0.3 is 4.74 Å². The Morgan fingerprint density at radius 3 is 2.48 bits per heavy atom. The van der Waals surface area contributed by atoms with Crippen LogP contribution in [0.4, 0.5) is 0 Å². The van der Waals surface area contributed by atoms with Crippen molar-refractivity contribution in [2.24, 2.45) is 5.10 Å². The first-order valence-corrected chi connectivity index (χ1v) is 10.8. The summed E-state index contributed by atoms with van der Waals surface area (Å²) in [6, 6.07) is 26.5. The molecule has 4 rings (SSSR count). The normalized spacial score (nSPS) is 11.0. The standard InChI is InChI=1S/C25H18BrClN2O2/c26-20-10-7-19(8-11-20)25(30)29-28-15-23-22-4-2-1-3-18(22)9-14-24(23)31-16-17-5-12-21(27)13-6-17/h1-15H,16H2,(H,29,30)/b28-15-. The van der Waals surface area contributed by atoms with E-state index in [1.807, 2.05) is 72.8 Å². The summed E-state index contributed by atoms with van der Waals surface area (Å²) in [7, 11) is 0. The SMILES string of the molecule is O=C(N/N=C\c1c(OCc2ccc(Cl)cc2)ccc2ccccc12)c1ccc(Br)cc1. The number of halogens is 2. The highest BCUT2D eigenvalue weighted by Gasteiger charge is 2.09. The number of hydrogen-bond donors (Lipinski definition) is 1. The largest absolute Gasteiger partial charge is 0.488 e. The molecule has 0 aromatic heterocycles. The highest BCUT2D eigenvalue weighted by molar-refractivity contribution is 9.10. The number of benzene rings is 4. The van der Waals surface area contributed by atoms with Gasteiger partial charge in [-0.15, -0.1) is 0 Å². The summed E-state index contributed by atoms with van der Waals surface area (Å²) < 4.78 is 6.98. The van der Waals surface area contributed by atoms with Crippen molar-refractivity contribution in [3.8, 4) is 5.75 Å². The summed E-state index contributed by atoms with van der Waals surface area (Å²) in [6.45, 7) is 0.390. The van der Waals surface area contributed by atoms with Crippen LogP contribution < -0.4 is 10.2 Å². The van der Waals surface area contributed by atoms with E-state index in [0.29, 0.717) is 22.9 Å². The monoisotopic (exact) mass is 492 g/mol. The molecule has 154 valence electrons. The molecule has 4 nitrogen and oxygen atoms in total. The molecule has 4 aromatic carbocycles. The lowest BCUT2D eigenvalue weighted by atomic mass is 10.0. The molecule has 0 spiro atoms. The van der Waals surface area contributed by atoms with Gasteiger partial charge in [-0.05, 0) is 58.8 Å². The number of ether oxygens (including phenoxy) is 1. The number of nitrogens with one attached hydrogen (secondary N) is 1. The second-order valence-electron chi connectivity index (χ2n) is 6.82. The molecule has 0 atom stereocenters. The molecule has 0 aliphatic rings. The molecule has 0 aliphatic heterocycles. The van der Waals surface area contributed by atoms with E-state index in [-0.39, 0.29) is 5.91 Å². The first-order chi connectivity index (χ1) is 15.1. The number of hydrogen-bond acceptors (Lipinski definition) is 3. The van der Waals surface area contributed by atoms with Crippen LogP contribution >= 0.6 is 27.5 Å². The molecule has 31 heavy (non-hydrogen) atoms. The Morgan fingerprint density at radius 1 is 0.968 bits per heavy atom. The summed E-state index contributed by atoms with van der Waals surface area (Å²) >= 11 is 9.32. The van der Waals surface area contributed by atoms with Crippen molar-refractivity contribution in [2.45, 2.75) is 6.61 Å². The molecule has 1 N–H and O–H groups in total. The van der Waals surface area contributed by atoms with Crippen molar-refractivity contribution >= 4 is 50.4 Å². The van der Waals surface area contributed by atoms with Gasteiger partial charge in [-0.1, -0.05) is 70.0 Å². The molecular weight excluding hydrogens is 476 g/mol. The van der Waals surface area contributed by atoms with Gasteiger partial charge in [0.25, 0.3) is 5.91 Å². The van der Waals surface area contributed by atoms with E-state index in [2.05, 4.69) is 26.5 Å². The van der Waals surface area contributed by atoms with Gasteiger partial charge >= 0.3 is 0 Å². The van der Waals surface area contributed by atoms with Crippen LogP contribution in [-0.2, 0) is 6.61 Å². The van der Waals surface area contributed by atoms with Gasteiger partial charge in [-0.3, -0.25) is 4.79 Å². The van der Waals surface area contributed by atoms with E-state index >= 15 is 0 Å². The zero-order valence-corrected chi connectivity index (χ0v) is 18.7. The quantitative estimate of drug-likeness (QED) is 0.243. The van der Waals surface area contributed by atoms with Crippen LogP contribution in [-0.4, -0.2) is 12.1 Å². The first-order valence-electron chi connectivity index (χ1n) is 9.58. The van der Waals surface area contributed by atoms with Crippen molar-refractivity contribution < 1.29 is 9.53 Å². The number of rotatable bonds is 6. The second-order valence-corrected chi connectivity index (χ2v) is 8.17. The Morgan fingerprint density at radius 2 is 1.71 bits per heavy atom. The fraction of sp³-hybridized carbons (Fsp3) is 0.0400. The van der Waals surface area contributed by atoms with Gasteiger partial charge in [0.2, 0.25) is 0 Å². The highest BCUT2D eigenvalue weighted by Crippen LogP contribution is 2.27. The third-order valence-corrected chi connectivity index (χ3v) is 5.49. The molecule has 0 unspecified atom stereocenters. The Balaban J connectivity index is 1.57. The summed E-state index contributed by atoms with van der Waals surface area (Å²) in [4.78, 5) is 12.4. The first kappa shape index (κ1) is 21.1. The van der Waals surface area contributed by atoms with Gasteiger partial charge in [0.1, 0.15) is 12.4 Å². The molecule has 6 heteroatoms. The van der Waals surface area contributed by atoms with Gasteiger partial charge in [0.15, 0.2) is 0 Å². The van der Waals surface area contributed by atoms with E-state index < -0.39 is 0 Å². The molecule has 4 aromatic rings. The van der Waals surface area contributed by atoms with Crippen molar-refractivity contribution in [1.82, 2.24) is 5.43 Å². The number of carbonyl (C=O) groups is 1. The molecule has 0 saturated heterocycles. The van der Waals surface area contributed by atoms with Crippen molar-refractivity contribution in [3.63, 3.8) is 0 Å². The Bertz CT molecular complexity index is 1240. The van der Waals surface area contributed by atoms with Crippen LogP contribution in [0.2, 0.25) is 5.02 Å². The molecular formula is C25H18BrClN2O2. The van der Waals surface area contributed by atoms with Crippen LogP contribution in [0, 0.1) is 0 Å². The average molecular weight is 494 g/mol. The highest BCUT2D eigenvalue weighted by atomic mass is 79.9. The molecule has 0 aliphatic carbocycles.